The van der Waals surface area contributed by atoms with Crippen molar-refractivity contribution in [1.29, 1.82) is 0 Å². The molecule has 0 bridgehead atoms. The van der Waals surface area contributed by atoms with E-state index in [4.69, 9.17) is 11.6 Å². The van der Waals surface area contributed by atoms with Gasteiger partial charge in [0.2, 0.25) is 0 Å². The Bertz CT molecular complexity index is 575. The van der Waals surface area contributed by atoms with Crippen molar-refractivity contribution >= 4 is 28.6 Å². The van der Waals surface area contributed by atoms with E-state index in [2.05, 4.69) is 47.1 Å². The Kier molecular flexibility index (Phi) is 3.58. The Hall–Kier alpha value is -1.32. The first kappa shape index (κ1) is 12.7. The van der Waals surface area contributed by atoms with Crippen molar-refractivity contribution in [3.05, 3.63) is 57.2 Å². The minimum absolute atomic E-state index is 0.249. The van der Waals surface area contributed by atoms with Crippen molar-refractivity contribution in [2.24, 2.45) is 11.0 Å². The SMILES string of the molecule is CCC1C(c2cccs2)=NNC1c1ccc(Cl)cc1. The van der Waals surface area contributed by atoms with Gasteiger partial charge < -0.3 is 5.43 Å². The molecule has 19 heavy (non-hydrogen) atoms. The van der Waals surface area contributed by atoms with Crippen LogP contribution >= 0.6 is 22.9 Å². The van der Waals surface area contributed by atoms with Gasteiger partial charge in [-0.2, -0.15) is 5.10 Å². The fourth-order valence-corrected chi connectivity index (χ4v) is 3.44. The molecule has 3 rings (SSSR count). The summed E-state index contributed by atoms with van der Waals surface area (Å²) < 4.78 is 0. The van der Waals surface area contributed by atoms with Gasteiger partial charge in [-0.3, -0.25) is 0 Å². The van der Waals surface area contributed by atoms with Crippen LogP contribution in [0.4, 0.5) is 0 Å². The van der Waals surface area contributed by atoms with Crippen molar-refractivity contribution in [3.8, 4) is 0 Å². The largest absolute Gasteiger partial charge is 0.302 e. The van der Waals surface area contributed by atoms with Crippen LogP contribution in [-0.2, 0) is 0 Å². The number of benzene rings is 1. The summed E-state index contributed by atoms with van der Waals surface area (Å²) in [5.74, 6) is 0.417. The molecule has 0 saturated carbocycles. The Morgan fingerprint density at radius 3 is 2.68 bits per heavy atom. The van der Waals surface area contributed by atoms with E-state index in [9.17, 15) is 0 Å². The standard InChI is InChI=1S/C15H15ClN2S/c1-2-12-14(10-5-7-11(16)8-6-10)17-18-15(12)13-4-3-9-19-13/h3-9,12,14,17H,2H2,1H3. The number of hydrazone groups is 1. The smallest absolute Gasteiger partial charge is 0.0830 e. The summed E-state index contributed by atoms with van der Waals surface area (Å²) in [5, 5.41) is 7.42. The van der Waals surface area contributed by atoms with E-state index in [1.807, 2.05) is 12.1 Å². The third-order valence-electron chi connectivity index (χ3n) is 3.52. The molecule has 1 aromatic carbocycles. The molecular weight excluding hydrogens is 276 g/mol. The first-order chi connectivity index (χ1) is 9.29. The van der Waals surface area contributed by atoms with E-state index >= 15 is 0 Å². The molecule has 2 nitrogen and oxygen atoms in total. The molecule has 2 atom stereocenters. The van der Waals surface area contributed by atoms with Crippen molar-refractivity contribution in [1.82, 2.24) is 5.43 Å². The number of rotatable bonds is 3. The maximum absolute atomic E-state index is 5.95. The summed E-state index contributed by atoms with van der Waals surface area (Å²) >= 11 is 7.70. The minimum atomic E-state index is 0.249. The minimum Gasteiger partial charge on any atom is -0.302 e. The van der Waals surface area contributed by atoms with Crippen LogP contribution in [-0.4, -0.2) is 5.71 Å². The van der Waals surface area contributed by atoms with E-state index in [1.54, 1.807) is 11.3 Å². The monoisotopic (exact) mass is 290 g/mol. The highest BCUT2D eigenvalue weighted by Gasteiger charge is 2.32. The Morgan fingerprint density at radius 1 is 1.26 bits per heavy atom. The van der Waals surface area contributed by atoms with Gasteiger partial charge in [-0.1, -0.05) is 36.7 Å². The highest BCUT2D eigenvalue weighted by Crippen LogP contribution is 2.34. The zero-order valence-corrected chi connectivity index (χ0v) is 12.2. The van der Waals surface area contributed by atoms with Crippen LogP contribution < -0.4 is 5.43 Å². The fraction of sp³-hybridized carbons (Fsp3) is 0.267. The average molecular weight is 291 g/mol. The van der Waals surface area contributed by atoms with Crippen LogP contribution in [0.3, 0.4) is 0 Å². The van der Waals surface area contributed by atoms with Gasteiger partial charge in [-0.05, 0) is 35.6 Å². The molecule has 4 heteroatoms. The summed E-state index contributed by atoms with van der Waals surface area (Å²) in [6, 6.07) is 12.5. The van der Waals surface area contributed by atoms with Gasteiger partial charge in [0.05, 0.1) is 16.6 Å². The normalized spacial score (nSPS) is 22.1. The third-order valence-corrected chi connectivity index (χ3v) is 4.66. The molecule has 1 aliphatic rings. The van der Waals surface area contributed by atoms with Gasteiger partial charge in [0.1, 0.15) is 0 Å². The molecule has 98 valence electrons. The van der Waals surface area contributed by atoms with E-state index in [1.165, 1.54) is 16.2 Å². The van der Waals surface area contributed by atoms with E-state index in [-0.39, 0.29) is 6.04 Å². The lowest BCUT2D eigenvalue weighted by Crippen LogP contribution is -2.21. The zero-order chi connectivity index (χ0) is 13.2. The molecule has 1 aliphatic heterocycles. The number of thiophene rings is 1. The van der Waals surface area contributed by atoms with Crippen LogP contribution in [0.5, 0.6) is 0 Å². The Labute approximate surface area is 122 Å². The predicted molar refractivity (Wildman–Crippen MR) is 82.0 cm³/mol. The highest BCUT2D eigenvalue weighted by atomic mass is 35.5. The summed E-state index contributed by atoms with van der Waals surface area (Å²) in [4.78, 5) is 1.26. The van der Waals surface area contributed by atoms with Gasteiger partial charge in [-0.25, -0.2) is 0 Å². The molecule has 2 aromatic rings. The molecule has 0 aliphatic carbocycles. The van der Waals surface area contributed by atoms with Crippen LogP contribution in [0.2, 0.25) is 5.02 Å². The Morgan fingerprint density at radius 2 is 2.05 bits per heavy atom. The molecule has 2 heterocycles. The molecular formula is C15H15ClN2S. The van der Waals surface area contributed by atoms with Crippen molar-refractivity contribution in [2.75, 3.05) is 0 Å². The average Bonchev–Trinajstić information content (AvgIpc) is 3.08. The van der Waals surface area contributed by atoms with Crippen LogP contribution in [0.25, 0.3) is 0 Å². The van der Waals surface area contributed by atoms with Gasteiger partial charge in [0.15, 0.2) is 0 Å². The second-order valence-electron chi connectivity index (χ2n) is 4.65. The molecule has 0 spiro atoms. The number of nitrogens with one attached hydrogen (secondary N) is 1. The number of hydrogen-bond donors (Lipinski definition) is 1. The molecule has 0 amide bonds. The first-order valence-electron chi connectivity index (χ1n) is 6.42. The molecule has 0 saturated heterocycles. The highest BCUT2D eigenvalue weighted by molar-refractivity contribution is 7.12. The molecule has 1 aromatic heterocycles. The summed E-state index contributed by atoms with van der Waals surface area (Å²) in [6.07, 6.45) is 1.07. The number of nitrogens with zero attached hydrogens (tertiary/aromatic N) is 1. The number of hydrogen-bond acceptors (Lipinski definition) is 3. The lowest BCUT2D eigenvalue weighted by molar-refractivity contribution is 0.486. The van der Waals surface area contributed by atoms with Gasteiger partial charge in [-0.15, -0.1) is 11.3 Å². The van der Waals surface area contributed by atoms with Crippen molar-refractivity contribution in [2.45, 2.75) is 19.4 Å². The van der Waals surface area contributed by atoms with E-state index < -0.39 is 0 Å². The summed E-state index contributed by atoms with van der Waals surface area (Å²) in [5.41, 5.74) is 5.70. The molecule has 0 radical (unpaired) electrons. The van der Waals surface area contributed by atoms with Gasteiger partial charge in [0, 0.05) is 10.9 Å². The van der Waals surface area contributed by atoms with Crippen LogP contribution in [0.15, 0.2) is 46.9 Å². The van der Waals surface area contributed by atoms with Gasteiger partial charge in [0.25, 0.3) is 0 Å². The lowest BCUT2D eigenvalue weighted by Gasteiger charge is -2.19. The van der Waals surface area contributed by atoms with Crippen molar-refractivity contribution < 1.29 is 0 Å². The topological polar surface area (TPSA) is 24.4 Å². The second kappa shape index (κ2) is 5.35. The lowest BCUT2D eigenvalue weighted by atomic mass is 9.88. The van der Waals surface area contributed by atoms with Crippen molar-refractivity contribution in [3.63, 3.8) is 0 Å². The zero-order valence-electron chi connectivity index (χ0n) is 10.6. The fourth-order valence-electron chi connectivity index (χ4n) is 2.54. The van der Waals surface area contributed by atoms with E-state index in [0.717, 1.165) is 11.4 Å². The van der Waals surface area contributed by atoms with Gasteiger partial charge >= 0.3 is 0 Å². The summed E-state index contributed by atoms with van der Waals surface area (Å²) in [6.45, 7) is 2.21. The molecule has 2 unspecified atom stereocenters. The van der Waals surface area contributed by atoms with E-state index in [0.29, 0.717) is 5.92 Å². The maximum atomic E-state index is 5.95. The van der Waals surface area contributed by atoms with Crippen LogP contribution in [0.1, 0.15) is 29.8 Å². The number of halogens is 1. The quantitative estimate of drug-likeness (QED) is 0.886. The maximum Gasteiger partial charge on any atom is 0.0830 e. The first-order valence-corrected chi connectivity index (χ1v) is 7.68. The summed E-state index contributed by atoms with van der Waals surface area (Å²) in [7, 11) is 0. The Balaban J connectivity index is 1.88. The van der Waals surface area contributed by atoms with Crippen LogP contribution in [0, 0.1) is 5.92 Å². The second-order valence-corrected chi connectivity index (χ2v) is 6.03. The molecule has 0 fully saturated rings. The molecule has 1 N–H and O–H groups in total. The third kappa shape index (κ3) is 2.40. The predicted octanol–water partition coefficient (Wildman–Crippen LogP) is 4.48.